The first-order chi connectivity index (χ1) is 12.4. The number of benzene rings is 2. The highest BCUT2D eigenvalue weighted by Gasteiger charge is 2.16. The lowest BCUT2D eigenvalue weighted by molar-refractivity contribution is -0.121. The van der Waals surface area contributed by atoms with Gasteiger partial charge in [0.2, 0.25) is 5.91 Å². The van der Waals surface area contributed by atoms with Crippen molar-refractivity contribution in [3.05, 3.63) is 66.0 Å². The van der Waals surface area contributed by atoms with Gasteiger partial charge in [-0.05, 0) is 42.0 Å². The number of sulfone groups is 1. The molecule has 6 nitrogen and oxygen atoms in total. The predicted octanol–water partition coefficient (Wildman–Crippen LogP) is 1.68. The minimum Gasteiger partial charge on any atom is -0.357 e. The number of nitrogens with one attached hydrogen (secondary N) is 3. The second-order valence-corrected chi connectivity index (χ2v) is 7.88. The van der Waals surface area contributed by atoms with E-state index in [0.717, 1.165) is 5.56 Å². The molecule has 0 saturated carbocycles. The molecule has 0 aliphatic heterocycles. The summed E-state index contributed by atoms with van der Waals surface area (Å²) in [6.45, 7) is 0.352. The molecule has 0 aliphatic rings. The van der Waals surface area contributed by atoms with Crippen LogP contribution in [0.25, 0.3) is 0 Å². The van der Waals surface area contributed by atoms with Crippen LogP contribution in [0.3, 0.4) is 0 Å². The van der Waals surface area contributed by atoms with Gasteiger partial charge in [-0.1, -0.05) is 30.3 Å². The van der Waals surface area contributed by atoms with Gasteiger partial charge in [0.1, 0.15) is 5.82 Å². The third-order valence-electron chi connectivity index (χ3n) is 3.38. The fourth-order valence-electron chi connectivity index (χ4n) is 1.99. The molecule has 0 aliphatic carbocycles. The Morgan fingerprint density at radius 1 is 1.00 bits per heavy atom. The summed E-state index contributed by atoms with van der Waals surface area (Å²) >= 11 is 5.00. The van der Waals surface area contributed by atoms with Crippen molar-refractivity contribution in [2.75, 3.05) is 5.75 Å². The summed E-state index contributed by atoms with van der Waals surface area (Å²) in [5.74, 6) is -1.14. The van der Waals surface area contributed by atoms with Crippen molar-refractivity contribution in [2.24, 2.45) is 0 Å². The fourth-order valence-corrected chi connectivity index (χ4v) is 3.38. The molecule has 0 fully saturated rings. The van der Waals surface area contributed by atoms with Gasteiger partial charge in [0.05, 0.1) is 10.6 Å². The first-order valence-corrected chi connectivity index (χ1v) is 9.78. The average Bonchev–Trinajstić information content (AvgIpc) is 2.65. The molecule has 2 rings (SSSR count). The second-order valence-electron chi connectivity index (χ2n) is 5.36. The molecule has 0 aromatic heterocycles. The number of amides is 1. The summed E-state index contributed by atoms with van der Waals surface area (Å²) in [5, 5.41) is 3.00. The molecule has 26 heavy (non-hydrogen) atoms. The highest BCUT2D eigenvalue weighted by Crippen LogP contribution is 2.10. The molecule has 2 aromatic rings. The topological polar surface area (TPSA) is 87.3 Å². The van der Waals surface area contributed by atoms with Crippen molar-refractivity contribution >= 4 is 33.1 Å². The van der Waals surface area contributed by atoms with Gasteiger partial charge in [-0.2, -0.15) is 0 Å². The normalized spacial score (nSPS) is 10.8. The zero-order valence-electron chi connectivity index (χ0n) is 13.7. The zero-order chi connectivity index (χ0) is 19.0. The number of thiocarbonyl (C=S) groups is 1. The van der Waals surface area contributed by atoms with Crippen LogP contribution in [-0.4, -0.2) is 25.2 Å². The fraction of sp³-hybridized carbons (Fsp3) is 0.176. The highest BCUT2D eigenvalue weighted by atomic mass is 32.2. The Bertz CT molecular complexity index is 857. The number of halogens is 1. The summed E-state index contributed by atoms with van der Waals surface area (Å²) in [5.41, 5.74) is 5.64. The molecule has 0 unspecified atom stereocenters. The van der Waals surface area contributed by atoms with E-state index >= 15 is 0 Å². The molecule has 0 bridgehead atoms. The summed E-state index contributed by atoms with van der Waals surface area (Å²) in [4.78, 5) is 11.9. The van der Waals surface area contributed by atoms with Gasteiger partial charge < -0.3 is 5.32 Å². The Labute approximate surface area is 156 Å². The number of hydrogen-bond donors (Lipinski definition) is 3. The van der Waals surface area contributed by atoms with Crippen LogP contribution in [-0.2, 0) is 21.2 Å². The van der Waals surface area contributed by atoms with Crippen LogP contribution in [0.5, 0.6) is 0 Å². The van der Waals surface area contributed by atoms with E-state index in [0.29, 0.717) is 6.54 Å². The summed E-state index contributed by atoms with van der Waals surface area (Å²) in [6.07, 6.45) is -0.204. The minimum atomic E-state index is -3.51. The Morgan fingerprint density at radius 2 is 1.65 bits per heavy atom. The standard InChI is InChI=1S/C17H18FN3O3S2/c18-14-8-6-13(7-9-14)12-19-17(25)21-20-16(22)10-11-26(23,24)15-4-2-1-3-5-15/h1-9H,10-12H2,(H,20,22)(H2,19,21,25). The molecule has 1 amide bonds. The molecule has 0 atom stereocenters. The molecule has 138 valence electrons. The number of hydrogen-bond acceptors (Lipinski definition) is 4. The van der Waals surface area contributed by atoms with Gasteiger partial charge >= 0.3 is 0 Å². The summed E-state index contributed by atoms with van der Waals surface area (Å²) in [6, 6.07) is 13.8. The van der Waals surface area contributed by atoms with E-state index in [4.69, 9.17) is 12.2 Å². The third-order valence-corrected chi connectivity index (χ3v) is 5.36. The lowest BCUT2D eigenvalue weighted by Crippen LogP contribution is -2.46. The molecule has 0 spiro atoms. The van der Waals surface area contributed by atoms with E-state index in [9.17, 15) is 17.6 Å². The van der Waals surface area contributed by atoms with Crippen LogP contribution >= 0.6 is 12.2 Å². The number of hydrazine groups is 1. The second kappa shape index (κ2) is 9.25. The quantitative estimate of drug-likeness (QED) is 0.510. The maximum atomic E-state index is 12.8. The van der Waals surface area contributed by atoms with Gasteiger partial charge in [0, 0.05) is 13.0 Å². The van der Waals surface area contributed by atoms with Crippen molar-refractivity contribution in [2.45, 2.75) is 17.9 Å². The van der Waals surface area contributed by atoms with E-state index in [1.165, 1.54) is 24.3 Å². The zero-order valence-corrected chi connectivity index (χ0v) is 15.4. The van der Waals surface area contributed by atoms with Gasteiger partial charge in [-0.15, -0.1) is 0 Å². The van der Waals surface area contributed by atoms with Crippen LogP contribution in [0.4, 0.5) is 4.39 Å². The van der Waals surface area contributed by atoms with Crippen molar-refractivity contribution in [3.63, 3.8) is 0 Å². The molecule has 9 heteroatoms. The molecular weight excluding hydrogens is 377 g/mol. The first-order valence-electron chi connectivity index (χ1n) is 7.72. The average molecular weight is 395 g/mol. The summed E-state index contributed by atoms with van der Waals surface area (Å²) < 4.78 is 37.0. The van der Waals surface area contributed by atoms with Crippen LogP contribution in [0.1, 0.15) is 12.0 Å². The molecule has 3 N–H and O–H groups in total. The Balaban J connectivity index is 1.71. The predicted molar refractivity (Wildman–Crippen MR) is 100 cm³/mol. The highest BCUT2D eigenvalue weighted by molar-refractivity contribution is 7.91. The van der Waals surface area contributed by atoms with Crippen LogP contribution in [0.15, 0.2) is 59.5 Å². The van der Waals surface area contributed by atoms with Gasteiger partial charge in [0.15, 0.2) is 14.9 Å². The van der Waals surface area contributed by atoms with Gasteiger partial charge in [0.25, 0.3) is 0 Å². The van der Waals surface area contributed by atoms with Crippen molar-refractivity contribution in [3.8, 4) is 0 Å². The lowest BCUT2D eigenvalue weighted by atomic mass is 10.2. The SMILES string of the molecule is O=C(CCS(=O)(=O)c1ccccc1)NNC(=S)NCc1ccc(F)cc1. The largest absolute Gasteiger partial charge is 0.357 e. The van der Waals surface area contributed by atoms with E-state index in [2.05, 4.69) is 16.2 Å². The Morgan fingerprint density at radius 3 is 2.31 bits per heavy atom. The molecule has 2 aromatic carbocycles. The minimum absolute atomic E-state index is 0.161. The van der Waals surface area contributed by atoms with Gasteiger partial charge in [-0.3, -0.25) is 15.6 Å². The van der Waals surface area contributed by atoms with Crippen molar-refractivity contribution < 1.29 is 17.6 Å². The number of rotatable bonds is 6. The maximum absolute atomic E-state index is 12.8. The monoisotopic (exact) mass is 395 g/mol. The van der Waals surface area contributed by atoms with Crippen molar-refractivity contribution in [1.82, 2.24) is 16.2 Å². The number of carbonyl (C=O) groups excluding carboxylic acids is 1. The van der Waals surface area contributed by atoms with E-state index in [-0.39, 0.29) is 28.0 Å². The maximum Gasteiger partial charge on any atom is 0.239 e. The smallest absolute Gasteiger partial charge is 0.239 e. The van der Waals surface area contributed by atoms with Crippen LogP contribution in [0.2, 0.25) is 0 Å². The Kier molecular flexibility index (Phi) is 7.05. The van der Waals surface area contributed by atoms with Crippen LogP contribution in [0, 0.1) is 5.82 Å². The van der Waals surface area contributed by atoms with E-state index < -0.39 is 15.7 Å². The number of carbonyl (C=O) groups is 1. The van der Waals surface area contributed by atoms with Crippen molar-refractivity contribution in [1.29, 1.82) is 0 Å². The molecule has 0 radical (unpaired) electrons. The molecular formula is C17H18FN3O3S2. The molecule has 0 saturated heterocycles. The lowest BCUT2D eigenvalue weighted by Gasteiger charge is -2.11. The van der Waals surface area contributed by atoms with E-state index in [1.54, 1.807) is 30.3 Å². The third kappa shape index (κ3) is 6.41. The van der Waals surface area contributed by atoms with Crippen LogP contribution < -0.4 is 16.2 Å². The summed E-state index contributed by atoms with van der Waals surface area (Å²) in [7, 11) is -3.51. The first kappa shape index (κ1) is 19.8. The molecule has 0 heterocycles. The van der Waals surface area contributed by atoms with E-state index in [1.807, 2.05) is 0 Å². The Hall–Kier alpha value is -2.52. The van der Waals surface area contributed by atoms with Gasteiger partial charge in [-0.25, -0.2) is 12.8 Å².